The van der Waals surface area contributed by atoms with E-state index in [1.165, 1.54) is 5.56 Å². The molecule has 8 aromatic heterocycles. The molecule has 10 N–H and O–H groups in total. The van der Waals surface area contributed by atoms with Crippen molar-refractivity contribution in [1.82, 2.24) is 78.6 Å². The normalized spacial score (nSPS) is 12.9. The van der Waals surface area contributed by atoms with Crippen molar-refractivity contribution >= 4 is 109 Å². The van der Waals surface area contributed by atoms with Crippen LogP contribution in [0.4, 0.5) is 37.7 Å². The Hall–Kier alpha value is -14.5. The van der Waals surface area contributed by atoms with Crippen LogP contribution in [-0.4, -0.2) is 146 Å². The van der Waals surface area contributed by atoms with Crippen molar-refractivity contribution in [3.05, 3.63) is 336 Å². The van der Waals surface area contributed by atoms with E-state index in [1.54, 1.807) is 26.8 Å². The number of aryl methyl sites for hydroxylation is 4. The first-order valence-corrected chi connectivity index (χ1v) is 48.3. The molecule has 0 atom stereocenters. The van der Waals surface area contributed by atoms with Crippen LogP contribution in [0, 0.1) is 113 Å². The Labute approximate surface area is 900 Å². The first-order chi connectivity index (χ1) is 69.1. The number of hydrogen-bond donors (Lipinski definition) is 8. The van der Waals surface area contributed by atoms with Gasteiger partial charge >= 0.3 is 18.3 Å². The second-order valence-corrected chi connectivity index (χ2v) is 39.0. The van der Waals surface area contributed by atoms with E-state index in [0.717, 1.165) is 159 Å². The maximum absolute atomic E-state index is 12.8. The number of ether oxygens (including phenoxy) is 3. The minimum atomic E-state index is -0.580. The van der Waals surface area contributed by atoms with Crippen LogP contribution in [0.3, 0.4) is 0 Å². The number of nitrogens with two attached hydrogens (primary N) is 2. The van der Waals surface area contributed by atoms with Gasteiger partial charge < -0.3 is 71.9 Å². The number of aromatic nitrogens is 12. The third-order valence-corrected chi connectivity index (χ3v) is 24.6. The molecule has 35 heteroatoms. The molecule has 0 fully saturated rings. The molecule has 5 amide bonds. The summed E-state index contributed by atoms with van der Waals surface area (Å²) in [5.41, 5.74) is 31.3. The average Bonchev–Trinajstić information content (AvgIpc) is 1.57. The monoisotopic (exact) mass is 2430 g/mol. The van der Waals surface area contributed by atoms with Crippen molar-refractivity contribution in [3.63, 3.8) is 0 Å². The summed E-state index contributed by atoms with van der Waals surface area (Å²) in [6.07, 6.45) is 1.60. The zero-order chi connectivity index (χ0) is 102. The number of H-pyrrole nitrogens is 1. The van der Waals surface area contributed by atoms with Gasteiger partial charge in [-0.25, -0.2) is 39.3 Å². The predicted molar refractivity (Wildman–Crippen MR) is 559 cm³/mol. The largest absolute Gasteiger partial charge is 0.444 e. The molecule has 0 aliphatic carbocycles. The Balaban J connectivity index is 0.000000148. The Kier molecular flexibility index (Phi) is 34.6. The van der Waals surface area contributed by atoms with Gasteiger partial charge in [0.15, 0.2) is 0 Å². The van der Waals surface area contributed by atoms with Gasteiger partial charge in [0, 0.05) is 230 Å². The van der Waals surface area contributed by atoms with Gasteiger partial charge in [-0.15, -0.1) is 0 Å². The molecule has 32 nitrogen and oxygen atoms in total. The van der Waals surface area contributed by atoms with Gasteiger partial charge in [-0.3, -0.25) is 23.3 Å². The zero-order valence-corrected chi connectivity index (χ0v) is 93.1. The minimum Gasteiger partial charge on any atom is -0.444 e. The SMILES string of the molecule is CC(C)(C)OC(=O)N1CCc2nc(Cl)nc(NCc3ccccc3)c2C1.Cc1cc2c(C#N)cccc2[nH]1.Cc1cc2c(C#N)cccc2n1-c1nc2c(c(NCc3ccccc3)n1)CN(C(=O)OC(C)(C)C)CC2.Cc1cc2c(C(N)=O)cccc2n1-c1nc2c(c(NCc3ccccc3)n1)CN(C(=O)OC(C)(C)C)CC2.Cc1cc2c(C(N)=O)cccc2n1-c1nc2c(c(NCc3ccccc3)n1)CNCC2.[U].[U]. The number of anilines is 4. The molecule has 0 unspecified atom stereocenters. The molecule has 20 rings (SSSR count). The summed E-state index contributed by atoms with van der Waals surface area (Å²) < 4.78 is 22.7. The van der Waals surface area contributed by atoms with Crippen molar-refractivity contribution in [2.24, 2.45) is 11.5 Å². The molecule has 0 saturated carbocycles. The van der Waals surface area contributed by atoms with E-state index in [2.05, 4.69) is 77.9 Å². The third kappa shape index (κ3) is 26.1. The average molecular weight is 2430 g/mol. The third-order valence-electron chi connectivity index (χ3n) is 24.5. The van der Waals surface area contributed by atoms with E-state index >= 15 is 0 Å². The molecule has 744 valence electrons. The van der Waals surface area contributed by atoms with Crippen molar-refractivity contribution < 1.29 is 100 Å². The quantitative estimate of drug-likeness (QED) is 0.0310. The second-order valence-electron chi connectivity index (χ2n) is 38.6. The Morgan fingerprint density at radius 1 is 0.390 bits per heavy atom. The maximum Gasteiger partial charge on any atom is 0.410 e. The van der Waals surface area contributed by atoms with Gasteiger partial charge in [-0.1, -0.05) is 146 Å². The van der Waals surface area contributed by atoms with Gasteiger partial charge in [-0.2, -0.15) is 25.5 Å². The molecule has 4 aliphatic heterocycles. The van der Waals surface area contributed by atoms with E-state index in [4.69, 9.17) is 72.4 Å². The summed E-state index contributed by atoms with van der Waals surface area (Å²) in [6.45, 7) is 31.4. The molecule has 146 heavy (non-hydrogen) atoms. The summed E-state index contributed by atoms with van der Waals surface area (Å²) in [6, 6.07) is 75.2. The van der Waals surface area contributed by atoms with Crippen molar-refractivity contribution in [2.45, 2.75) is 185 Å². The Morgan fingerprint density at radius 3 is 1.08 bits per heavy atom. The van der Waals surface area contributed by atoms with Gasteiger partial charge in [-0.05, 0) is 197 Å². The zero-order valence-electron chi connectivity index (χ0n) is 84.1. The number of carbonyl (C=O) groups is 5. The molecular weight excluding hydrogens is 2310 g/mol. The van der Waals surface area contributed by atoms with Crippen LogP contribution in [-0.2, 0) is 92.3 Å². The van der Waals surface area contributed by atoms with Crippen LogP contribution < -0.4 is 38.1 Å². The smallest absolute Gasteiger partial charge is 0.410 e. The van der Waals surface area contributed by atoms with Crippen molar-refractivity contribution in [3.8, 4) is 30.0 Å². The molecule has 12 heterocycles. The molecule has 8 aromatic carbocycles. The minimum absolute atomic E-state index is 0. The predicted octanol–water partition coefficient (Wildman–Crippen LogP) is 19.7. The molecule has 0 spiro atoms. The van der Waals surface area contributed by atoms with Crippen LogP contribution in [0.5, 0.6) is 0 Å². The van der Waals surface area contributed by atoms with Gasteiger partial charge in [0.05, 0.1) is 82.2 Å². The van der Waals surface area contributed by atoms with E-state index in [9.17, 15) is 29.2 Å². The van der Waals surface area contributed by atoms with Crippen LogP contribution in [0.2, 0.25) is 5.28 Å². The molecular formula is C111H117ClN24O8U2. The van der Waals surface area contributed by atoms with Gasteiger partial charge in [0.1, 0.15) is 40.1 Å². The van der Waals surface area contributed by atoms with E-state index in [1.807, 2.05) is 286 Å². The number of carbonyl (C=O) groups excluding carboxylic acids is 5. The van der Waals surface area contributed by atoms with E-state index < -0.39 is 28.6 Å². The van der Waals surface area contributed by atoms with E-state index in [-0.39, 0.29) is 85.8 Å². The number of rotatable bonds is 17. The Morgan fingerprint density at radius 2 is 0.712 bits per heavy atom. The van der Waals surface area contributed by atoms with Gasteiger partial charge in [0.2, 0.25) is 34.9 Å². The fourth-order valence-electron chi connectivity index (χ4n) is 17.8. The molecule has 0 radical (unpaired) electrons. The Bertz CT molecular complexity index is 7570. The number of amides is 5. The summed E-state index contributed by atoms with van der Waals surface area (Å²) in [7, 11) is 0. The number of nitrogens with one attached hydrogen (secondary N) is 6. The van der Waals surface area contributed by atoms with Gasteiger partial charge in [0.25, 0.3) is 0 Å². The number of aromatic amines is 1. The first-order valence-electron chi connectivity index (χ1n) is 47.9. The molecule has 0 bridgehead atoms. The maximum atomic E-state index is 12.8. The van der Waals surface area contributed by atoms with Crippen molar-refractivity contribution in [1.29, 1.82) is 10.5 Å². The molecule has 4 aliphatic rings. The topological polar surface area (TPSA) is 416 Å². The van der Waals surface area contributed by atoms with E-state index in [0.29, 0.717) is 137 Å². The number of fused-ring (bicyclic) bond motifs is 8. The number of halogens is 1. The number of nitrogens with zero attached hydrogens (tertiary/aromatic N) is 16. The van der Waals surface area contributed by atoms with Crippen LogP contribution >= 0.6 is 11.6 Å². The molecule has 16 aromatic rings. The number of primary amides is 2. The fraction of sp³-hybridized carbons (Fsp3) is 0.288. The standard InChI is InChI=1S/C29H32N6O3.C29H30N6O2.C24H24N6O.C19H23ClN4O2.C10H8N2.2U/c1-18-15-21-20(25(30)36)11-8-12-24(21)35(18)27-32-23-13-14-34(28(37)38-29(2,3)4)17-22(23)26(33-27)31-16-19-9-6-5-7-10-19;1-19-15-22-21(16-30)11-8-12-25(22)35(19)27-32-24-13-14-34(28(36)37-29(2,3)4)18-23(24)26(33-27)31-17-20-9-6-5-7-10-20;1-15-12-18-17(22(25)31)8-5-9-21(18)30(15)24-28-20-10-11-26-14-19(20)23(29-24)27-13-16-6-3-2-4-7-16;1-19(2,3)26-18(25)24-10-9-15-14(12-24)16(23-17(20)22-15)21-11-13-7-5-4-6-8-13;1-7-5-9-8(6-11)3-2-4-10(9)12-7;;/h5-12,15H,13-14,16-17H2,1-4H3,(H2,30,36)(H,31,32,33);5-12,15H,13-14,17-18H2,1-4H3,(H,31,32,33);2-9,12,26H,10-11,13-14H2,1H3,(H2,25,31)(H,27,28,29);4-8H,9-12H2,1-3H3,(H,21,22,23);2-5,12H,1H3;;. The number of benzene rings is 8. The summed E-state index contributed by atoms with van der Waals surface area (Å²) in [5, 5.41) is 39.3. The van der Waals surface area contributed by atoms with Crippen LogP contribution in [0.15, 0.2) is 218 Å². The number of hydrogen-bond acceptors (Lipinski definition) is 23. The summed E-state index contributed by atoms with van der Waals surface area (Å²) in [4.78, 5) is 109. The molecule has 0 saturated heterocycles. The summed E-state index contributed by atoms with van der Waals surface area (Å²) in [5.74, 6) is 3.58. The van der Waals surface area contributed by atoms with Crippen LogP contribution in [0.25, 0.3) is 61.5 Å². The van der Waals surface area contributed by atoms with Crippen LogP contribution in [0.1, 0.15) is 184 Å². The second kappa shape index (κ2) is 47.1. The fourth-order valence-corrected chi connectivity index (χ4v) is 18.0. The van der Waals surface area contributed by atoms with Crippen molar-refractivity contribution in [2.75, 3.05) is 47.4 Å². The number of nitriles is 2. The summed E-state index contributed by atoms with van der Waals surface area (Å²) >= 11 is 6.08. The first kappa shape index (κ1) is 107.